The number of ether oxygens (including phenoxy) is 3. The number of carbonyl (C=O) groups is 2. The number of benzene rings is 2. The molecular weight excluding hydrogens is 346 g/mol. The van der Waals surface area contributed by atoms with Crippen LogP contribution in [-0.2, 0) is 14.3 Å². The van der Waals surface area contributed by atoms with Crippen molar-refractivity contribution in [1.29, 1.82) is 0 Å². The first kappa shape index (κ1) is 20.3. The average molecular weight is 371 g/mol. The molecule has 0 bridgehead atoms. The second kappa shape index (κ2) is 10.2. The van der Waals surface area contributed by atoms with Gasteiger partial charge in [-0.2, -0.15) is 0 Å². The molecule has 0 radical (unpaired) electrons. The highest BCUT2D eigenvalue weighted by Gasteiger charge is 2.11. The van der Waals surface area contributed by atoms with E-state index in [1.165, 1.54) is 0 Å². The summed E-state index contributed by atoms with van der Waals surface area (Å²) in [7, 11) is 0. The van der Waals surface area contributed by atoms with Gasteiger partial charge in [-0.25, -0.2) is 0 Å². The second-order valence-corrected chi connectivity index (χ2v) is 5.95. The van der Waals surface area contributed by atoms with E-state index in [0.717, 1.165) is 16.8 Å². The highest BCUT2D eigenvalue weighted by atomic mass is 16.5. The van der Waals surface area contributed by atoms with Crippen molar-refractivity contribution in [1.82, 2.24) is 0 Å². The molecule has 0 aliphatic heterocycles. The summed E-state index contributed by atoms with van der Waals surface area (Å²) in [4.78, 5) is 23.8. The van der Waals surface area contributed by atoms with Crippen molar-refractivity contribution in [2.24, 2.45) is 0 Å². The zero-order chi connectivity index (χ0) is 19.6. The Balaban J connectivity index is 1.74. The number of para-hydroxylation sites is 3. The molecule has 0 saturated heterocycles. The molecule has 0 atom stereocenters. The van der Waals surface area contributed by atoms with Gasteiger partial charge in [-0.1, -0.05) is 30.3 Å². The number of rotatable bonds is 9. The Labute approximate surface area is 159 Å². The highest BCUT2D eigenvalue weighted by molar-refractivity contribution is 5.94. The van der Waals surface area contributed by atoms with E-state index in [-0.39, 0.29) is 25.5 Å². The summed E-state index contributed by atoms with van der Waals surface area (Å²) in [5.74, 6) is 0.324. The molecule has 0 aliphatic rings. The van der Waals surface area contributed by atoms with Gasteiger partial charge < -0.3 is 19.5 Å². The summed E-state index contributed by atoms with van der Waals surface area (Å²) in [6.07, 6.45) is 0.0388. The smallest absolute Gasteiger partial charge is 0.309 e. The standard InChI is InChI=1S/C21H25NO5/c1-4-25-17-10-5-6-11-18(17)26-13-12-20(24)27-14-19(23)22-21-15(2)8-7-9-16(21)3/h5-11H,4,12-14H2,1-3H3,(H,22,23). The monoisotopic (exact) mass is 371 g/mol. The molecule has 0 spiro atoms. The average Bonchev–Trinajstić information content (AvgIpc) is 2.65. The van der Waals surface area contributed by atoms with Crippen LogP contribution in [0.2, 0.25) is 0 Å². The van der Waals surface area contributed by atoms with E-state index >= 15 is 0 Å². The van der Waals surface area contributed by atoms with E-state index in [1.54, 1.807) is 12.1 Å². The molecule has 0 fully saturated rings. The van der Waals surface area contributed by atoms with Crippen molar-refractivity contribution in [2.45, 2.75) is 27.2 Å². The number of hydrogen-bond acceptors (Lipinski definition) is 5. The van der Waals surface area contributed by atoms with Crippen molar-refractivity contribution >= 4 is 17.6 Å². The fourth-order valence-electron chi connectivity index (χ4n) is 2.49. The van der Waals surface area contributed by atoms with E-state index in [2.05, 4.69) is 5.32 Å². The SMILES string of the molecule is CCOc1ccccc1OCCC(=O)OCC(=O)Nc1c(C)cccc1C. The molecule has 0 saturated carbocycles. The Morgan fingerprint density at radius 2 is 1.56 bits per heavy atom. The largest absolute Gasteiger partial charge is 0.490 e. The van der Waals surface area contributed by atoms with Gasteiger partial charge in [0.15, 0.2) is 18.1 Å². The molecule has 0 heterocycles. The molecule has 1 N–H and O–H groups in total. The minimum Gasteiger partial charge on any atom is -0.490 e. The molecule has 6 heteroatoms. The van der Waals surface area contributed by atoms with Crippen LogP contribution in [0.5, 0.6) is 11.5 Å². The van der Waals surface area contributed by atoms with Gasteiger partial charge in [0.1, 0.15) is 0 Å². The maximum Gasteiger partial charge on any atom is 0.309 e. The molecule has 27 heavy (non-hydrogen) atoms. The fourth-order valence-corrected chi connectivity index (χ4v) is 2.49. The minimum absolute atomic E-state index is 0.0388. The summed E-state index contributed by atoms with van der Waals surface area (Å²) in [5, 5.41) is 2.77. The first-order valence-corrected chi connectivity index (χ1v) is 8.87. The van der Waals surface area contributed by atoms with Crippen molar-refractivity contribution in [3.63, 3.8) is 0 Å². The Morgan fingerprint density at radius 1 is 0.926 bits per heavy atom. The van der Waals surface area contributed by atoms with Gasteiger partial charge in [-0.3, -0.25) is 9.59 Å². The van der Waals surface area contributed by atoms with E-state index in [4.69, 9.17) is 14.2 Å². The van der Waals surface area contributed by atoms with E-state index in [9.17, 15) is 9.59 Å². The van der Waals surface area contributed by atoms with Crippen LogP contribution in [0.4, 0.5) is 5.69 Å². The predicted molar refractivity (Wildman–Crippen MR) is 103 cm³/mol. The third kappa shape index (κ3) is 6.33. The van der Waals surface area contributed by atoms with E-state index in [0.29, 0.717) is 18.1 Å². The lowest BCUT2D eigenvalue weighted by Crippen LogP contribution is -2.22. The maximum absolute atomic E-state index is 12.0. The Hall–Kier alpha value is -3.02. The summed E-state index contributed by atoms with van der Waals surface area (Å²) in [5.41, 5.74) is 2.65. The molecule has 0 aromatic heterocycles. The molecule has 2 aromatic rings. The zero-order valence-corrected chi connectivity index (χ0v) is 15.9. The van der Waals surface area contributed by atoms with Gasteiger partial charge >= 0.3 is 5.97 Å². The molecule has 2 rings (SSSR count). The highest BCUT2D eigenvalue weighted by Crippen LogP contribution is 2.26. The summed E-state index contributed by atoms with van der Waals surface area (Å²) in [6, 6.07) is 13.0. The van der Waals surface area contributed by atoms with Gasteiger partial charge in [0.25, 0.3) is 5.91 Å². The zero-order valence-electron chi connectivity index (χ0n) is 15.9. The normalized spacial score (nSPS) is 10.2. The third-order valence-electron chi connectivity index (χ3n) is 3.82. The number of esters is 1. The van der Waals surface area contributed by atoms with Crippen molar-refractivity contribution in [3.8, 4) is 11.5 Å². The van der Waals surface area contributed by atoms with Gasteiger partial charge in [-0.05, 0) is 44.0 Å². The molecule has 0 unspecified atom stereocenters. The van der Waals surface area contributed by atoms with Crippen LogP contribution >= 0.6 is 0 Å². The maximum atomic E-state index is 12.0. The number of nitrogens with one attached hydrogen (secondary N) is 1. The molecular formula is C21H25NO5. The van der Waals surface area contributed by atoms with E-state index < -0.39 is 5.97 Å². The summed E-state index contributed by atoms with van der Waals surface area (Å²) in [6.45, 7) is 6.04. The predicted octanol–water partition coefficient (Wildman–Crippen LogP) is 3.65. The van der Waals surface area contributed by atoms with Crippen LogP contribution in [0.15, 0.2) is 42.5 Å². The van der Waals surface area contributed by atoms with Crippen molar-refractivity contribution in [3.05, 3.63) is 53.6 Å². The quantitative estimate of drug-likeness (QED) is 0.681. The van der Waals surface area contributed by atoms with Crippen LogP contribution in [-0.4, -0.2) is 31.7 Å². The number of hydrogen-bond donors (Lipinski definition) is 1. The second-order valence-electron chi connectivity index (χ2n) is 5.95. The van der Waals surface area contributed by atoms with Crippen LogP contribution in [0.1, 0.15) is 24.5 Å². The molecule has 6 nitrogen and oxygen atoms in total. The van der Waals surface area contributed by atoms with Crippen LogP contribution in [0.3, 0.4) is 0 Å². The first-order chi connectivity index (χ1) is 13.0. The third-order valence-corrected chi connectivity index (χ3v) is 3.82. The first-order valence-electron chi connectivity index (χ1n) is 8.87. The topological polar surface area (TPSA) is 73.9 Å². The molecule has 144 valence electrons. The Morgan fingerprint density at radius 3 is 2.19 bits per heavy atom. The minimum atomic E-state index is -0.499. The van der Waals surface area contributed by atoms with Gasteiger partial charge in [0.2, 0.25) is 0 Å². The van der Waals surface area contributed by atoms with Crippen LogP contribution in [0.25, 0.3) is 0 Å². The van der Waals surface area contributed by atoms with Crippen molar-refractivity contribution in [2.75, 3.05) is 25.1 Å². The lowest BCUT2D eigenvalue weighted by atomic mass is 10.1. The lowest BCUT2D eigenvalue weighted by molar-refractivity contribution is -0.147. The summed E-state index contributed by atoms with van der Waals surface area (Å²) >= 11 is 0. The lowest BCUT2D eigenvalue weighted by Gasteiger charge is -2.12. The van der Waals surface area contributed by atoms with Crippen molar-refractivity contribution < 1.29 is 23.8 Å². The van der Waals surface area contributed by atoms with Crippen LogP contribution in [0, 0.1) is 13.8 Å². The number of anilines is 1. The molecule has 1 amide bonds. The fraction of sp³-hybridized carbons (Fsp3) is 0.333. The Kier molecular flexibility index (Phi) is 7.67. The van der Waals surface area contributed by atoms with Gasteiger partial charge in [0, 0.05) is 5.69 Å². The number of aryl methyl sites for hydroxylation is 2. The molecule has 0 aliphatic carbocycles. The Bertz CT molecular complexity index is 768. The van der Waals surface area contributed by atoms with Gasteiger partial charge in [0.05, 0.1) is 19.6 Å². The van der Waals surface area contributed by atoms with Gasteiger partial charge in [-0.15, -0.1) is 0 Å². The molecule has 2 aromatic carbocycles. The van der Waals surface area contributed by atoms with Crippen LogP contribution < -0.4 is 14.8 Å². The van der Waals surface area contributed by atoms with E-state index in [1.807, 2.05) is 51.1 Å². The number of carbonyl (C=O) groups excluding carboxylic acids is 2. The number of amides is 1. The summed E-state index contributed by atoms with van der Waals surface area (Å²) < 4.78 is 16.0.